The Labute approximate surface area is 148 Å². The van der Waals surface area contributed by atoms with Gasteiger partial charge in [-0.25, -0.2) is 4.98 Å². The van der Waals surface area contributed by atoms with Crippen LogP contribution < -0.4 is 5.32 Å². The number of carbonyl (C=O) groups is 2. The molecule has 1 saturated heterocycles. The van der Waals surface area contributed by atoms with Crippen LogP contribution in [0.15, 0.2) is 5.51 Å². The number of likely N-dealkylation sites (N-methyl/N-ethyl adjacent to an activating group) is 2. The summed E-state index contributed by atoms with van der Waals surface area (Å²) in [5.74, 6) is 0.219. The van der Waals surface area contributed by atoms with Crippen LogP contribution in [-0.2, 0) is 16.0 Å². The molecule has 24 heavy (non-hydrogen) atoms. The maximum Gasteiger partial charge on any atom is 0.239 e. The minimum Gasteiger partial charge on any atom is -0.352 e. The van der Waals surface area contributed by atoms with Crippen molar-refractivity contribution in [2.75, 3.05) is 26.7 Å². The number of nitrogens with one attached hydrogen (secondary N) is 1. The lowest BCUT2D eigenvalue weighted by molar-refractivity contribution is -0.135. The number of rotatable bonds is 7. The predicted molar refractivity (Wildman–Crippen MR) is 96.1 cm³/mol. The van der Waals surface area contributed by atoms with Crippen molar-refractivity contribution < 1.29 is 9.59 Å². The summed E-state index contributed by atoms with van der Waals surface area (Å²) in [6.07, 6.45) is 1.89. The first-order valence-corrected chi connectivity index (χ1v) is 9.51. The lowest BCUT2D eigenvalue weighted by Gasteiger charge is -2.26. The minimum absolute atomic E-state index is 0.0505. The summed E-state index contributed by atoms with van der Waals surface area (Å²) in [5, 5.41) is 3.08. The number of aromatic nitrogens is 1. The zero-order chi connectivity index (χ0) is 17.7. The highest BCUT2D eigenvalue weighted by Gasteiger charge is 2.36. The normalized spacial score (nSPS) is 21.0. The summed E-state index contributed by atoms with van der Waals surface area (Å²) in [6.45, 7) is 8.14. The van der Waals surface area contributed by atoms with Crippen LogP contribution >= 0.6 is 11.3 Å². The van der Waals surface area contributed by atoms with E-state index < -0.39 is 0 Å². The molecule has 0 aromatic carbocycles. The number of nitrogens with zero attached hydrogens (tertiary/aromatic N) is 3. The molecule has 6 nitrogen and oxygen atoms in total. The fraction of sp³-hybridized carbons (Fsp3) is 0.706. The van der Waals surface area contributed by atoms with Crippen molar-refractivity contribution in [2.45, 2.75) is 52.1 Å². The van der Waals surface area contributed by atoms with Gasteiger partial charge < -0.3 is 10.2 Å². The molecule has 2 heterocycles. The number of thiazole rings is 1. The third-order valence-corrected chi connectivity index (χ3v) is 5.69. The van der Waals surface area contributed by atoms with E-state index >= 15 is 0 Å². The second-order valence-electron chi connectivity index (χ2n) is 6.33. The number of likely N-dealkylation sites (tertiary alicyclic amines) is 1. The maximum atomic E-state index is 12.5. The van der Waals surface area contributed by atoms with E-state index in [0.717, 1.165) is 31.7 Å². The molecule has 1 aliphatic rings. The van der Waals surface area contributed by atoms with E-state index in [2.05, 4.69) is 15.2 Å². The van der Waals surface area contributed by atoms with Gasteiger partial charge in [0.1, 0.15) is 0 Å². The van der Waals surface area contributed by atoms with Crippen molar-refractivity contribution in [2.24, 2.45) is 0 Å². The molecule has 0 bridgehead atoms. The Balaban J connectivity index is 1.82. The highest BCUT2D eigenvalue weighted by atomic mass is 32.1. The van der Waals surface area contributed by atoms with Crippen molar-refractivity contribution in [1.29, 1.82) is 0 Å². The Kier molecular flexibility index (Phi) is 6.74. The average molecular weight is 353 g/mol. The first kappa shape index (κ1) is 18.9. The van der Waals surface area contributed by atoms with Crippen LogP contribution in [0.3, 0.4) is 0 Å². The van der Waals surface area contributed by atoms with Gasteiger partial charge in [-0.05, 0) is 40.7 Å². The Morgan fingerprint density at radius 1 is 1.42 bits per heavy atom. The van der Waals surface area contributed by atoms with Gasteiger partial charge in [0.15, 0.2) is 0 Å². The molecule has 0 saturated carbocycles. The molecule has 0 unspecified atom stereocenters. The second-order valence-corrected chi connectivity index (χ2v) is 7.27. The van der Waals surface area contributed by atoms with Crippen molar-refractivity contribution in [3.8, 4) is 0 Å². The largest absolute Gasteiger partial charge is 0.352 e. The molecule has 1 fully saturated rings. The van der Waals surface area contributed by atoms with Gasteiger partial charge in [-0.3, -0.25) is 14.5 Å². The predicted octanol–water partition coefficient (Wildman–Crippen LogP) is 1.44. The van der Waals surface area contributed by atoms with Crippen LogP contribution in [0.2, 0.25) is 0 Å². The smallest absolute Gasteiger partial charge is 0.239 e. The molecule has 2 atom stereocenters. The van der Waals surface area contributed by atoms with Crippen LogP contribution in [0.5, 0.6) is 0 Å². The van der Waals surface area contributed by atoms with Crippen molar-refractivity contribution in [3.63, 3.8) is 0 Å². The summed E-state index contributed by atoms with van der Waals surface area (Å²) >= 11 is 1.60. The van der Waals surface area contributed by atoms with Gasteiger partial charge in [-0.1, -0.05) is 0 Å². The van der Waals surface area contributed by atoms with Crippen LogP contribution in [0.1, 0.15) is 37.3 Å². The highest BCUT2D eigenvalue weighted by Crippen LogP contribution is 2.19. The summed E-state index contributed by atoms with van der Waals surface area (Å²) in [6, 6.07) is -0.0755. The van der Waals surface area contributed by atoms with Gasteiger partial charge in [-0.2, -0.15) is 0 Å². The molecule has 7 heteroatoms. The van der Waals surface area contributed by atoms with Crippen LogP contribution in [0, 0.1) is 6.92 Å². The summed E-state index contributed by atoms with van der Waals surface area (Å²) < 4.78 is 0. The van der Waals surface area contributed by atoms with Crippen LogP contribution in [-0.4, -0.2) is 65.4 Å². The molecule has 1 N–H and O–H groups in total. The fourth-order valence-electron chi connectivity index (χ4n) is 3.23. The number of amides is 2. The SMILES string of the molecule is CCN(CC)C(=O)[C@@H]1C[C@@H](NC(=O)CCc2scnc2C)CN1C. The van der Waals surface area contributed by atoms with Crippen molar-refractivity contribution >= 4 is 23.2 Å². The van der Waals surface area contributed by atoms with Crippen LogP contribution in [0.4, 0.5) is 0 Å². The molecule has 0 radical (unpaired) electrons. The number of hydrogen-bond donors (Lipinski definition) is 1. The quantitative estimate of drug-likeness (QED) is 0.806. The molecule has 1 aromatic rings. The third-order valence-electron chi connectivity index (χ3n) is 4.70. The average Bonchev–Trinajstić information content (AvgIpc) is 3.12. The lowest BCUT2D eigenvalue weighted by Crippen LogP contribution is -2.44. The van der Waals surface area contributed by atoms with Gasteiger partial charge >= 0.3 is 0 Å². The van der Waals surface area contributed by atoms with E-state index in [1.807, 2.05) is 38.2 Å². The van der Waals surface area contributed by atoms with Gasteiger partial charge in [0, 0.05) is 37.0 Å². The number of aryl methyl sites for hydroxylation is 2. The summed E-state index contributed by atoms with van der Waals surface area (Å²) in [5.41, 5.74) is 2.83. The molecule has 134 valence electrons. The minimum atomic E-state index is -0.126. The van der Waals surface area contributed by atoms with Gasteiger partial charge in [0.05, 0.1) is 17.2 Å². The van der Waals surface area contributed by atoms with E-state index in [-0.39, 0.29) is 23.9 Å². The fourth-order valence-corrected chi connectivity index (χ4v) is 4.01. The Morgan fingerprint density at radius 2 is 2.12 bits per heavy atom. The van der Waals surface area contributed by atoms with Gasteiger partial charge in [0.25, 0.3) is 0 Å². The first-order valence-electron chi connectivity index (χ1n) is 8.63. The van der Waals surface area contributed by atoms with Crippen molar-refractivity contribution in [1.82, 2.24) is 20.1 Å². The standard InChI is InChI=1S/C17H28N4O2S/c1-5-21(6-2)17(23)14-9-13(10-20(14)4)19-16(22)8-7-15-12(3)18-11-24-15/h11,13-14H,5-10H2,1-4H3,(H,19,22)/t13-,14+/m1/s1. The number of carbonyl (C=O) groups excluding carboxylic acids is 2. The van der Waals surface area contributed by atoms with E-state index in [0.29, 0.717) is 12.8 Å². The van der Waals surface area contributed by atoms with E-state index in [1.54, 1.807) is 11.3 Å². The zero-order valence-corrected chi connectivity index (χ0v) is 15.9. The Hall–Kier alpha value is -1.47. The molecule has 1 aromatic heterocycles. The number of hydrogen-bond acceptors (Lipinski definition) is 5. The molecule has 0 aliphatic carbocycles. The van der Waals surface area contributed by atoms with Crippen molar-refractivity contribution in [3.05, 3.63) is 16.1 Å². The molecule has 2 rings (SSSR count). The second kappa shape index (κ2) is 8.58. The van der Waals surface area contributed by atoms with E-state index in [9.17, 15) is 9.59 Å². The Bertz CT molecular complexity index is 571. The molecule has 2 amide bonds. The summed E-state index contributed by atoms with van der Waals surface area (Å²) in [7, 11) is 1.96. The third kappa shape index (κ3) is 4.54. The lowest BCUT2D eigenvalue weighted by atomic mass is 10.1. The van der Waals surface area contributed by atoms with E-state index in [1.165, 1.54) is 4.88 Å². The van der Waals surface area contributed by atoms with Gasteiger partial charge in [0.2, 0.25) is 11.8 Å². The first-order chi connectivity index (χ1) is 11.5. The summed E-state index contributed by atoms with van der Waals surface area (Å²) in [4.78, 5) is 34.0. The molecule has 0 spiro atoms. The molecule has 1 aliphatic heterocycles. The molecular weight excluding hydrogens is 324 g/mol. The van der Waals surface area contributed by atoms with Crippen LogP contribution in [0.25, 0.3) is 0 Å². The topological polar surface area (TPSA) is 65.5 Å². The van der Waals surface area contributed by atoms with E-state index in [4.69, 9.17) is 0 Å². The monoisotopic (exact) mass is 352 g/mol. The maximum absolute atomic E-state index is 12.5. The molecular formula is C17H28N4O2S. The van der Waals surface area contributed by atoms with Gasteiger partial charge in [-0.15, -0.1) is 11.3 Å². The Morgan fingerprint density at radius 3 is 2.71 bits per heavy atom. The highest BCUT2D eigenvalue weighted by molar-refractivity contribution is 7.09. The zero-order valence-electron chi connectivity index (χ0n) is 15.0.